The quantitative estimate of drug-likeness (QED) is 0.536. The summed E-state index contributed by atoms with van der Waals surface area (Å²) in [7, 11) is 0. The van der Waals surface area contributed by atoms with Crippen LogP contribution in [0.3, 0.4) is 0 Å². The van der Waals surface area contributed by atoms with Gasteiger partial charge in [0, 0.05) is 6.07 Å². The van der Waals surface area contributed by atoms with Crippen molar-refractivity contribution in [1.82, 2.24) is 0 Å². The summed E-state index contributed by atoms with van der Waals surface area (Å²) in [5.74, 6) is -0.325. The zero-order valence-electron chi connectivity index (χ0n) is 12.7. The molecule has 4 nitrogen and oxygen atoms in total. The molecule has 0 N–H and O–H groups in total. The van der Waals surface area contributed by atoms with E-state index in [0.717, 1.165) is 0 Å². The monoisotopic (exact) mass is 318 g/mol. The zero-order valence-corrected chi connectivity index (χ0v) is 12.7. The molecule has 0 aliphatic carbocycles. The molecule has 0 atom stereocenters. The topological polar surface area (TPSA) is 52.6 Å². The molecule has 0 spiro atoms. The van der Waals surface area contributed by atoms with Crippen LogP contribution in [0.2, 0.25) is 0 Å². The number of hydrogen-bond donors (Lipinski definition) is 0. The average Bonchev–Trinajstić information content (AvgIpc) is 2.63. The normalized spacial score (nSPS) is 10.0. The van der Waals surface area contributed by atoms with Crippen molar-refractivity contribution in [2.24, 2.45) is 0 Å². The molecule has 3 aromatic carbocycles. The lowest BCUT2D eigenvalue weighted by Crippen LogP contribution is -2.10. The third kappa shape index (κ3) is 3.87. The fourth-order valence-corrected chi connectivity index (χ4v) is 2.08. The highest BCUT2D eigenvalue weighted by Crippen LogP contribution is 2.21. The van der Waals surface area contributed by atoms with E-state index in [1.165, 1.54) is 6.07 Å². The van der Waals surface area contributed by atoms with E-state index in [-0.39, 0.29) is 0 Å². The molecule has 0 saturated heterocycles. The first-order chi connectivity index (χ1) is 11.7. The molecule has 0 radical (unpaired) electrons. The van der Waals surface area contributed by atoms with Crippen LogP contribution < -0.4 is 9.47 Å². The molecule has 0 fully saturated rings. The summed E-state index contributed by atoms with van der Waals surface area (Å²) in [5, 5.41) is 0. The van der Waals surface area contributed by atoms with E-state index in [2.05, 4.69) is 0 Å². The van der Waals surface area contributed by atoms with Crippen molar-refractivity contribution in [2.75, 3.05) is 0 Å². The number of ether oxygens (including phenoxy) is 2. The molecular weight excluding hydrogens is 304 g/mol. The van der Waals surface area contributed by atoms with Crippen molar-refractivity contribution in [3.8, 4) is 11.5 Å². The van der Waals surface area contributed by atoms with E-state index in [4.69, 9.17) is 9.47 Å². The van der Waals surface area contributed by atoms with Gasteiger partial charge in [-0.25, -0.2) is 9.59 Å². The molecule has 4 heteroatoms. The second-order valence-electron chi connectivity index (χ2n) is 4.99. The number of rotatable bonds is 4. The van der Waals surface area contributed by atoms with Crippen molar-refractivity contribution in [3.05, 3.63) is 96.1 Å². The van der Waals surface area contributed by atoms with E-state index in [1.807, 2.05) is 12.1 Å². The maximum Gasteiger partial charge on any atom is 0.343 e. The summed E-state index contributed by atoms with van der Waals surface area (Å²) in [4.78, 5) is 24.1. The Hall–Kier alpha value is -3.40. The van der Waals surface area contributed by atoms with Crippen molar-refractivity contribution < 1.29 is 19.1 Å². The third-order valence-electron chi connectivity index (χ3n) is 3.25. The van der Waals surface area contributed by atoms with Gasteiger partial charge in [-0.1, -0.05) is 42.5 Å². The van der Waals surface area contributed by atoms with E-state index < -0.39 is 11.9 Å². The van der Waals surface area contributed by atoms with Gasteiger partial charge in [-0.2, -0.15) is 0 Å². The maximum absolute atomic E-state index is 12.0. The molecule has 0 saturated carbocycles. The number of carbonyl (C=O) groups is 2. The molecule has 0 heterocycles. The Labute approximate surface area is 139 Å². The van der Waals surface area contributed by atoms with Crippen molar-refractivity contribution in [1.29, 1.82) is 0 Å². The molecule has 0 amide bonds. The summed E-state index contributed by atoms with van der Waals surface area (Å²) in [6.45, 7) is 0. The van der Waals surface area contributed by atoms with Gasteiger partial charge in [-0.3, -0.25) is 0 Å². The van der Waals surface area contributed by atoms with Crippen LogP contribution in [-0.2, 0) is 0 Å². The number of carbonyl (C=O) groups excluding carboxylic acids is 2. The van der Waals surface area contributed by atoms with Gasteiger partial charge < -0.3 is 9.47 Å². The van der Waals surface area contributed by atoms with Crippen LogP contribution in [0.5, 0.6) is 11.5 Å². The van der Waals surface area contributed by atoms with Gasteiger partial charge in [0.2, 0.25) is 0 Å². The van der Waals surface area contributed by atoms with E-state index in [0.29, 0.717) is 22.6 Å². The predicted octanol–water partition coefficient (Wildman–Crippen LogP) is 4.13. The second-order valence-corrected chi connectivity index (χ2v) is 4.99. The predicted molar refractivity (Wildman–Crippen MR) is 89.2 cm³/mol. The number of esters is 2. The van der Waals surface area contributed by atoms with Crippen LogP contribution in [0.4, 0.5) is 0 Å². The second kappa shape index (κ2) is 7.24. The average molecular weight is 318 g/mol. The first kappa shape index (κ1) is 15.5. The summed E-state index contributed by atoms with van der Waals surface area (Å²) in [5.41, 5.74) is 0.897. The third-order valence-corrected chi connectivity index (χ3v) is 3.25. The minimum absolute atomic E-state index is 0.308. The molecule has 0 bridgehead atoms. The van der Waals surface area contributed by atoms with Gasteiger partial charge in [0.05, 0.1) is 11.1 Å². The molecule has 3 rings (SSSR count). The number of benzene rings is 3. The van der Waals surface area contributed by atoms with Crippen LogP contribution in [0.1, 0.15) is 20.7 Å². The Kier molecular flexibility index (Phi) is 4.68. The summed E-state index contributed by atoms with van der Waals surface area (Å²) < 4.78 is 10.6. The Morgan fingerprint density at radius 3 is 1.38 bits per heavy atom. The van der Waals surface area contributed by atoms with Crippen LogP contribution >= 0.6 is 0 Å². The van der Waals surface area contributed by atoms with Gasteiger partial charge in [0.1, 0.15) is 11.5 Å². The van der Waals surface area contributed by atoms with E-state index in [9.17, 15) is 9.59 Å². The van der Waals surface area contributed by atoms with Crippen molar-refractivity contribution in [2.45, 2.75) is 0 Å². The lowest BCUT2D eigenvalue weighted by atomic mass is 10.2. The SMILES string of the molecule is O=C(Oc1cccc(OC(=O)c2ccccc2)c1)c1ccccc1. The Morgan fingerprint density at radius 2 is 0.958 bits per heavy atom. The molecule has 3 aromatic rings. The zero-order chi connectivity index (χ0) is 16.8. The highest BCUT2D eigenvalue weighted by atomic mass is 16.5. The highest BCUT2D eigenvalue weighted by Gasteiger charge is 2.11. The standard InChI is InChI=1S/C20H14O4/c21-19(15-8-3-1-4-9-15)23-17-12-7-13-18(14-17)24-20(22)16-10-5-2-6-11-16/h1-14H. The van der Waals surface area contributed by atoms with E-state index in [1.54, 1.807) is 66.7 Å². The Balaban J connectivity index is 1.70. The van der Waals surface area contributed by atoms with Gasteiger partial charge >= 0.3 is 11.9 Å². The lowest BCUT2D eigenvalue weighted by Gasteiger charge is -2.07. The summed E-state index contributed by atoms with van der Waals surface area (Å²) in [6.07, 6.45) is 0. The first-order valence-electron chi connectivity index (χ1n) is 7.37. The molecule has 0 aliphatic rings. The maximum atomic E-state index is 12.0. The minimum Gasteiger partial charge on any atom is -0.423 e. The van der Waals surface area contributed by atoms with Gasteiger partial charge in [0.15, 0.2) is 0 Å². The van der Waals surface area contributed by atoms with Gasteiger partial charge in [-0.05, 0) is 36.4 Å². The van der Waals surface area contributed by atoms with Crippen LogP contribution in [0, 0.1) is 0 Å². The molecular formula is C20H14O4. The first-order valence-corrected chi connectivity index (χ1v) is 7.37. The minimum atomic E-state index is -0.470. The number of hydrogen-bond acceptors (Lipinski definition) is 4. The molecule has 118 valence electrons. The van der Waals surface area contributed by atoms with Gasteiger partial charge in [-0.15, -0.1) is 0 Å². The molecule has 0 aromatic heterocycles. The fraction of sp³-hybridized carbons (Fsp3) is 0. The molecule has 24 heavy (non-hydrogen) atoms. The summed E-state index contributed by atoms with van der Waals surface area (Å²) >= 11 is 0. The van der Waals surface area contributed by atoms with Crippen LogP contribution in [-0.4, -0.2) is 11.9 Å². The Bertz CT molecular complexity index is 773. The molecule has 0 aliphatic heterocycles. The Morgan fingerprint density at radius 1 is 0.542 bits per heavy atom. The smallest absolute Gasteiger partial charge is 0.343 e. The van der Waals surface area contributed by atoms with Crippen molar-refractivity contribution in [3.63, 3.8) is 0 Å². The van der Waals surface area contributed by atoms with Crippen LogP contribution in [0.25, 0.3) is 0 Å². The van der Waals surface area contributed by atoms with Crippen LogP contribution in [0.15, 0.2) is 84.9 Å². The lowest BCUT2D eigenvalue weighted by molar-refractivity contribution is 0.0733. The van der Waals surface area contributed by atoms with E-state index >= 15 is 0 Å². The van der Waals surface area contributed by atoms with Gasteiger partial charge in [0.25, 0.3) is 0 Å². The highest BCUT2D eigenvalue weighted by molar-refractivity contribution is 5.92. The summed E-state index contributed by atoms with van der Waals surface area (Å²) in [6, 6.07) is 23.8. The fourth-order valence-electron chi connectivity index (χ4n) is 2.08. The molecule has 0 unspecified atom stereocenters. The van der Waals surface area contributed by atoms with Crippen molar-refractivity contribution >= 4 is 11.9 Å². The largest absolute Gasteiger partial charge is 0.423 e.